The maximum Gasteiger partial charge on any atom is 0.121 e. The van der Waals surface area contributed by atoms with Crippen molar-refractivity contribution in [2.24, 2.45) is 0 Å². The van der Waals surface area contributed by atoms with Gasteiger partial charge in [-0.15, -0.1) is 0 Å². The van der Waals surface area contributed by atoms with Gasteiger partial charge < -0.3 is 0 Å². The van der Waals surface area contributed by atoms with Crippen LogP contribution in [0, 0.1) is 18.3 Å². The largest absolute Gasteiger partial charge is 0.295 e. The van der Waals surface area contributed by atoms with Crippen molar-refractivity contribution in [1.29, 1.82) is 5.26 Å². The molecule has 0 bridgehead atoms. The summed E-state index contributed by atoms with van der Waals surface area (Å²) in [5, 5.41) is 13.5. The fourth-order valence-corrected chi connectivity index (χ4v) is 2.71. The molecule has 0 amide bonds. The number of nitrogens with one attached hydrogen (secondary N) is 1. The van der Waals surface area contributed by atoms with E-state index in [4.69, 9.17) is 11.6 Å². The fourth-order valence-electron chi connectivity index (χ4n) is 2.49. The summed E-state index contributed by atoms with van der Waals surface area (Å²) in [4.78, 5) is 0. The molecule has 0 saturated heterocycles. The second kappa shape index (κ2) is 5.53. The first kappa shape index (κ1) is 12.4. The Hall–Kier alpha value is -1.04. The van der Waals surface area contributed by atoms with E-state index >= 15 is 0 Å². The van der Waals surface area contributed by atoms with Crippen molar-refractivity contribution >= 4 is 11.6 Å². The van der Waals surface area contributed by atoms with E-state index in [0.717, 1.165) is 16.1 Å². The molecule has 17 heavy (non-hydrogen) atoms. The first-order valence-corrected chi connectivity index (χ1v) is 6.50. The standard InChI is InChI=1S/C14H17ClN2/c1-10-8-11(15)6-7-13(10)14(9-16)17-12-4-2-3-5-12/h6-8,12,14,17H,2-5H2,1H3. The van der Waals surface area contributed by atoms with Crippen molar-refractivity contribution in [2.45, 2.75) is 44.7 Å². The van der Waals surface area contributed by atoms with Gasteiger partial charge in [-0.25, -0.2) is 0 Å². The lowest BCUT2D eigenvalue weighted by atomic mass is 10.0. The molecule has 1 fully saturated rings. The molecule has 2 nitrogen and oxygen atoms in total. The zero-order chi connectivity index (χ0) is 12.3. The van der Waals surface area contributed by atoms with Gasteiger partial charge in [-0.2, -0.15) is 5.26 Å². The van der Waals surface area contributed by atoms with Crippen molar-refractivity contribution in [3.8, 4) is 6.07 Å². The van der Waals surface area contributed by atoms with Gasteiger partial charge in [0.05, 0.1) is 6.07 Å². The highest BCUT2D eigenvalue weighted by Crippen LogP contribution is 2.25. The molecule has 90 valence electrons. The smallest absolute Gasteiger partial charge is 0.121 e. The average Bonchev–Trinajstić information content (AvgIpc) is 2.79. The third kappa shape index (κ3) is 3.00. The van der Waals surface area contributed by atoms with Crippen molar-refractivity contribution < 1.29 is 0 Å². The van der Waals surface area contributed by atoms with Gasteiger partial charge in [-0.3, -0.25) is 5.32 Å². The topological polar surface area (TPSA) is 35.8 Å². The van der Waals surface area contributed by atoms with E-state index in [9.17, 15) is 5.26 Å². The van der Waals surface area contributed by atoms with Gasteiger partial charge in [0, 0.05) is 11.1 Å². The SMILES string of the molecule is Cc1cc(Cl)ccc1C(C#N)NC1CCCC1. The third-order valence-corrected chi connectivity index (χ3v) is 3.66. The Morgan fingerprint density at radius 1 is 1.41 bits per heavy atom. The minimum absolute atomic E-state index is 0.213. The number of nitriles is 1. The van der Waals surface area contributed by atoms with E-state index in [0.29, 0.717) is 6.04 Å². The first-order chi connectivity index (χ1) is 8.20. The van der Waals surface area contributed by atoms with Gasteiger partial charge in [0.2, 0.25) is 0 Å². The van der Waals surface area contributed by atoms with E-state index < -0.39 is 0 Å². The van der Waals surface area contributed by atoms with Gasteiger partial charge in [0.25, 0.3) is 0 Å². The van der Waals surface area contributed by atoms with Crippen LogP contribution >= 0.6 is 11.6 Å². The second-order valence-corrected chi connectivity index (χ2v) is 5.15. The van der Waals surface area contributed by atoms with E-state index in [1.165, 1.54) is 25.7 Å². The lowest BCUT2D eigenvalue weighted by Gasteiger charge is -2.19. The molecule has 1 aliphatic carbocycles. The second-order valence-electron chi connectivity index (χ2n) is 4.71. The van der Waals surface area contributed by atoms with Crippen LogP contribution in [0.5, 0.6) is 0 Å². The highest BCUT2D eigenvalue weighted by molar-refractivity contribution is 6.30. The average molecular weight is 249 g/mol. The van der Waals surface area contributed by atoms with Crippen LogP contribution in [-0.4, -0.2) is 6.04 Å². The number of benzene rings is 1. The van der Waals surface area contributed by atoms with Gasteiger partial charge in [-0.05, 0) is 43.0 Å². The predicted octanol–water partition coefficient (Wildman–Crippen LogP) is 3.75. The van der Waals surface area contributed by atoms with Crippen molar-refractivity contribution in [2.75, 3.05) is 0 Å². The molecular weight excluding hydrogens is 232 g/mol. The summed E-state index contributed by atoms with van der Waals surface area (Å²) in [6, 6.07) is 8.35. The maximum absolute atomic E-state index is 9.29. The Balaban J connectivity index is 2.14. The Bertz CT molecular complexity index is 430. The van der Waals surface area contributed by atoms with Gasteiger partial charge >= 0.3 is 0 Å². The molecule has 0 aromatic heterocycles. The quantitative estimate of drug-likeness (QED) is 0.885. The molecule has 1 atom stereocenters. The summed E-state index contributed by atoms with van der Waals surface area (Å²) in [6.07, 6.45) is 4.92. The molecule has 1 saturated carbocycles. The van der Waals surface area contributed by atoms with Crippen LogP contribution in [0.25, 0.3) is 0 Å². The van der Waals surface area contributed by atoms with Gasteiger partial charge in [0.15, 0.2) is 0 Å². The Morgan fingerprint density at radius 2 is 2.12 bits per heavy atom. The number of aryl methyl sites for hydroxylation is 1. The molecule has 1 aromatic rings. The van der Waals surface area contributed by atoms with E-state index in [-0.39, 0.29) is 6.04 Å². The van der Waals surface area contributed by atoms with Crippen LogP contribution in [0.3, 0.4) is 0 Å². The fraction of sp³-hybridized carbons (Fsp3) is 0.500. The molecule has 3 heteroatoms. The number of halogens is 1. The van der Waals surface area contributed by atoms with Crippen LogP contribution < -0.4 is 5.32 Å². The zero-order valence-electron chi connectivity index (χ0n) is 10.0. The molecule has 0 aliphatic heterocycles. The maximum atomic E-state index is 9.29. The molecule has 2 rings (SSSR count). The zero-order valence-corrected chi connectivity index (χ0v) is 10.8. The Labute approximate surface area is 108 Å². The van der Waals surface area contributed by atoms with E-state index in [1.807, 2.05) is 25.1 Å². The van der Waals surface area contributed by atoms with E-state index in [1.54, 1.807) is 0 Å². The molecule has 1 unspecified atom stereocenters. The van der Waals surface area contributed by atoms with Crippen LogP contribution in [0.2, 0.25) is 5.02 Å². The molecule has 0 radical (unpaired) electrons. The Morgan fingerprint density at radius 3 is 2.71 bits per heavy atom. The third-order valence-electron chi connectivity index (χ3n) is 3.43. The van der Waals surface area contributed by atoms with Crippen molar-refractivity contribution in [3.05, 3.63) is 34.3 Å². The first-order valence-electron chi connectivity index (χ1n) is 6.12. The summed E-state index contributed by atoms with van der Waals surface area (Å²) in [7, 11) is 0. The van der Waals surface area contributed by atoms with Gasteiger partial charge in [-0.1, -0.05) is 30.5 Å². The summed E-state index contributed by atoms with van der Waals surface area (Å²) in [5.41, 5.74) is 2.12. The number of hydrogen-bond acceptors (Lipinski definition) is 2. The molecule has 1 aromatic carbocycles. The molecule has 0 spiro atoms. The summed E-state index contributed by atoms with van der Waals surface area (Å²) in [6.45, 7) is 2.00. The molecule has 0 heterocycles. The lowest BCUT2D eigenvalue weighted by molar-refractivity contribution is 0.491. The van der Waals surface area contributed by atoms with Crippen LogP contribution in [0.1, 0.15) is 42.9 Å². The normalized spacial score (nSPS) is 17.9. The lowest BCUT2D eigenvalue weighted by Crippen LogP contribution is -2.30. The minimum atomic E-state index is -0.213. The number of nitrogens with zero attached hydrogens (tertiary/aromatic N) is 1. The highest BCUT2D eigenvalue weighted by atomic mass is 35.5. The number of hydrogen-bond donors (Lipinski definition) is 1. The summed E-state index contributed by atoms with van der Waals surface area (Å²) in [5.74, 6) is 0. The number of rotatable bonds is 3. The van der Waals surface area contributed by atoms with Gasteiger partial charge in [0.1, 0.15) is 6.04 Å². The molecule has 1 N–H and O–H groups in total. The van der Waals surface area contributed by atoms with Crippen LogP contribution in [0.15, 0.2) is 18.2 Å². The van der Waals surface area contributed by atoms with Crippen LogP contribution in [0.4, 0.5) is 0 Å². The molecule has 1 aliphatic rings. The summed E-state index contributed by atoms with van der Waals surface area (Å²) >= 11 is 5.93. The molecular formula is C14H17ClN2. The highest BCUT2D eigenvalue weighted by Gasteiger charge is 2.20. The van der Waals surface area contributed by atoms with Crippen molar-refractivity contribution in [3.63, 3.8) is 0 Å². The monoisotopic (exact) mass is 248 g/mol. The summed E-state index contributed by atoms with van der Waals surface area (Å²) < 4.78 is 0. The van der Waals surface area contributed by atoms with Crippen LogP contribution in [-0.2, 0) is 0 Å². The van der Waals surface area contributed by atoms with Crippen molar-refractivity contribution in [1.82, 2.24) is 5.32 Å². The minimum Gasteiger partial charge on any atom is -0.295 e. The van der Waals surface area contributed by atoms with E-state index in [2.05, 4.69) is 11.4 Å². The Kier molecular flexibility index (Phi) is 4.04. The predicted molar refractivity (Wildman–Crippen MR) is 69.9 cm³/mol.